The van der Waals surface area contributed by atoms with Crippen molar-refractivity contribution in [1.82, 2.24) is 0 Å². The Bertz CT molecular complexity index is 289. The van der Waals surface area contributed by atoms with Gasteiger partial charge in [0.05, 0.1) is 6.10 Å². The van der Waals surface area contributed by atoms with Gasteiger partial charge in [-0.15, -0.1) is 0 Å². The van der Waals surface area contributed by atoms with Crippen molar-refractivity contribution in [3.8, 4) is 0 Å². The maximum absolute atomic E-state index is 12.1. The van der Waals surface area contributed by atoms with Crippen LogP contribution in [0.1, 0.15) is 60.8 Å². The highest BCUT2D eigenvalue weighted by molar-refractivity contribution is 5.88. The Morgan fingerprint density at radius 1 is 1.22 bits per heavy atom. The van der Waals surface area contributed by atoms with Gasteiger partial charge in [0, 0.05) is 18.3 Å². The van der Waals surface area contributed by atoms with Crippen LogP contribution in [0.25, 0.3) is 0 Å². The minimum atomic E-state index is -0.489. The normalized spacial score (nSPS) is 17.1. The Labute approximate surface area is 111 Å². The van der Waals surface area contributed by atoms with Gasteiger partial charge < -0.3 is 5.11 Å². The first-order valence-electron chi connectivity index (χ1n) is 6.80. The Balaban J connectivity index is 4.60. The third-order valence-electron chi connectivity index (χ3n) is 3.83. The molecule has 0 spiro atoms. The van der Waals surface area contributed by atoms with Crippen LogP contribution < -0.4 is 0 Å². The molecule has 0 saturated carbocycles. The zero-order valence-corrected chi connectivity index (χ0v) is 12.6. The first kappa shape index (κ1) is 17.3. The molecule has 0 amide bonds. The lowest BCUT2D eigenvalue weighted by atomic mass is 9.76. The fraction of sp³-hybridized carbons (Fsp3) is 0.867. The fourth-order valence-electron chi connectivity index (χ4n) is 1.79. The summed E-state index contributed by atoms with van der Waals surface area (Å²) >= 11 is 0. The van der Waals surface area contributed by atoms with E-state index in [4.69, 9.17) is 0 Å². The van der Waals surface area contributed by atoms with Gasteiger partial charge in [-0.25, -0.2) is 0 Å². The SMILES string of the molecule is CCC(O)CC(CC(=O)C(C)C(C)(C)C)C(C)=O. The summed E-state index contributed by atoms with van der Waals surface area (Å²) < 4.78 is 0. The van der Waals surface area contributed by atoms with Crippen LogP contribution in [-0.4, -0.2) is 22.8 Å². The van der Waals surface area contributed by atoms with Crippen LogP contribution in [-0.2, 0) is 9.59 Å². The lowest BCUT2D eigenvalue weighted by Gasteiger charge is -2.27. The second kappa shape index (κ2) is 7.03. The van der Waals surface area contributed by atoms with Gasteiger partial charge in [-0.05, 0) is 25.2 Å². The van der Waals surface area contributed by atoms with Gasteiger partial charge in [0.15, 0.2) is 0 Å². The second-order valence-electron chi connectivity index (χ2n) is 6.36. The van der Waals surface area contributed by atoms with Crippen molar-refractivity contribution < 1.29 is 14.7 Å². The van der Waals surface area contributed by atoms with Gasteiger partial charge in [0.2, 0.25) is 0 Å². The number of ketones is 2. The van der Waals surface area contributed by atoms with Crippen LogP contribution in [0.5, 0.6) is 0 Å². The molecule has 3 heteroatoms. The van der Waals surface area contributed by atoms with Crippen molar-refractivity contribution in [3.63, 3.8) is 0 Å². The standard InChI is InChI=1S/C15H28O3/c1-7-13(17)8-12(11(3)16)9-14(18)10(2)15(4,5)6/h10,12-13,17H,7-9H2,1-6H3. The molecule has 0 aliphatic carbocycles. The minimum absolute atomic E-state index is 0.00282. The van der Waals surface area contributed by atoms with Crippen LogP contribution in [0, 0.1) is 17.3 Å². The molecule has 0 aromatic heterocycles. The van der Waals surface area contributed by atoms with E-state index in [1.165, 1.54) is 6.92 Å². The summed E-state index contributed by atoms with van der Waals surface area (Å²) in [5, 5.41) is 9.63. The largest absolute Gasteiger partial charge is 0.393 e. The van der Waals surface area contributed by atoms with Crippen molar-refractivity contribution in [2.24, 2.45) is 17.3 Å². The predicted octanol–water partition coefficient (Wildman–Crippen LogP) is 2.99. The molecule has 3 nitrogen and oxygen atoms in total. The van der Waals surface area contributed by atoms with Gasteiger partial charge in [-0.1, -0.05) is 34.6 Å². The summed E-state index contributed by atoms with van der Waals surface area (Å²) in [5.74, 6) is -0.293. The van der Waals surface area contributed by atoms with E-state index in [-0.39, 0.29) is 35.2 Å². The van der Waals surface area contributed by atoms with Gasteiger partial charge >= 0.3 is 0 Å². The molecule has 0 aliphatic rings. The first-order valence-corrected chi connectivity index (χ1v) is 6.80. The Hall–Kier alpha value is -0.700. The summed E-state index contributed by atoms with van der Waals surface area (Å²) in [6, 6.07) is 0. The van der Waals surface area contributed by atoms with Crippen LogP contribution in [0.4, 0.5) is 0 Å². The number of hydrogen-bond acceptors (Lipinski definition) is 3. The molecule has 0 rings (SSSR count). The predicted molar refractivity (Wildman–Crippen MR) is 73.3 cm³/mol. The fourth-order valence-corrected chi connectivity index (χ4v) is 1.79. The van der Waals surface area contributed by atoms with Gasteiger partial charge in [0.25, 0.3) is 0 Å². The lowest BCUT2D eigenvalue weighted by molar-refractivity contribution is -0.131. The molecular weight excluding hydrogens is 228 g/mol. The van der Waals surface area contributed by atoms with Gasteiger partial charge in [-0.2, -0.15) is 0 Å². The zero-order chi connectivity index (χ0) is 14.5. The highest BCUT2D eigenvalue weighted by Gasteiger charge is 2.30. The van der Waals surface area contributed by atoms with E-state index in [1.807, 2.05) is 34.6 Å². The summed E-state index contributed by atoms with van der Waals surface area (Å²) in [6.45, 7) is 11.4. The maximum atomic E-state index is 12.1. The molecule has 0 heterocycles. The zero-order valence-electron chi connectivity index (χ0n) is 12.6. The molecule has 18 heavy (non-hydrogen) atoms. The molecule has 0 fully saturated rings. The van der Waals surface area contributed by atoms with Crippen molar-refractivity contribution in [2.75, 3.05) is 0 Å². The third kappa shape index (κ3) is 5.76. The van der Waals surface area contributed by atoms with E-state index in [9.17, 15) is 14.7 Å². The molecular formula is C15H28O3. The van der Waals surface area contributed by atoms with Crippen LogP contribution >= 0.6 is 0 Å². The van der Waals surface area contributed by atoms with E-state index < -0.39 is 6.10 Å². The van der Waals surface area contributed by atoms with Crippen LogP contribution in [0.3, 0.4) is 0 Å². The van der Waals surface area contributed by atoms with E-state index in [1.54, 1.807) is 0 Å². The average molecular weight is 256 g/mol. The van der Waals surface area contributed by atoms with Crippen LogP contribution in [0.2, 0.25) is 0 Å². The average Bonchev–Trinajstić information content (AvgIpc) is 2.25. The Morgan fingerprint density at radius 3 is 2.06 bits per heavy atom. The van der Waals surface area contributed by atoms with Crippen LogP contribution in [0.15, 0.2) is 0 Å². The van der Waals surface area contributed by atoms with Crippen molar-refractivity contribution >= 4 is 11.6 Å². The van der Waals surface area contributed by atoms with Gasteiger partial charge in [-0.3, -0.25) is 9.59 Å². The molecule has 0 aromatic carbocycles. The molecule has 0 aromatic rings. The van der Waals surface area contributed by atoms with E-state index in [0.717, 1.165) is 0 Å². The Kier molecular flexibility index (Phi) is 6.76. The summed E-state index contributed by atoms with van der Waals surface area (Å²) in [5.41, 5.74) is -0.0816. The molecule has 0 bridgehead atoms. The molecule has 0 radical (unpaired) electrons. The number of rotatable bonds is 7. The number of carbonyl (C=O) groups excluding carboxylic acids is 2. The summed E-state index contributed by atoms with van der Waals surface area (Å²) in [7, 11) is 0. The highest BCUT2D eigenvalue weighted by Crippen LogP contribution is 2.29. The molecule has 0 aliphatic heterocycles. The number of hydrogen-bond donors (Lipinski definition) is 1. The molecule has 0 saturated heterocycles. The number of aliphatic hydroxyl groups is 1. The molecule has 1 N–H and O–H groups in total. The smallest absolute Gasteiger partial charge is 0.136 e. The molecule has 106 valence electrons. The van der Waals surface area contributed by atoms with E-state index in [2.05, 4.69) is 0 Å². The van der Waals surface area contributed by atoms with E-state index in [0.29, 0.717) is 12.8 Å². The number of aliphatic hydroxyl groups excluding tert-OH is 1. The number of Topliss-reactive ketones (excluding diaryl/α,β-unsaturated/α-hetero) is 2. The van der Waals surface area contributed by atoms with E-state index >= 15 is 0 Å². The summed E-state index contributed by atoms with van der Waals surface area (Å²) in [4.78, 5) is 23.7. The first-order chi connectivity index (χ1) is 8.09. The van der Waals surface area contributed by atoms with Crippen molar-refractivity contribution in [1.29, 1.82) is 0 Å². The Morgan fingerprint density at radius 2 is 1.72 bits per heavy atom. The van der Waals surface area contributed by atoms with Crippen molar-refractivity contribution in [3.05, 3.63) is 0 Å². The maximum Gasteiger partial charge on any atom is 0.136 e. The highest BCUT2D eigenvalue weighted by atomic mass is 16.3. The van der Waals surface area contributed by atoms with Gasteiger partial charge in [0.1, 0.15) is 11.6 Å². The minimum Gasteiger partial charge on any atom is -0.393 e. The quantitative estimate of drug-likeness (QED) is 0.762. The lowest BCUT2D eigenvalue weighted by Crippen LogP contribution is -2.30. The third-order valence-corrected chi connectivity index (χ3v) is 3.83. The number of carbonyl (C=O) groups is 2. The molecule has 3 atom stereocenters. The van der Waals surface area contributed by atoms with Crippen molar-refractivity contribution in [2.45, 2.75) is 66.9 Å². The topological polar surface area (TPSA) is 54.4 Å². The monoisotopic (exact) mass is 256 g/mol. The molecule has 3 unspecified atom stereocenters. The second-order valence-corrected chi connectivity index (χ2v) is 6.36. The summed E-state index contributed by atoms with van der Waals surface area (Å²) in [6.07, 6.45) is 0.781.